The first kappa shape index (κ1) is 17.5. The molecule has 1 aromatic heterocycles. The molecule has 3 aromatic rings. The Hall–Kier alpha value is -3.35. The van der Waals surface area contributed by atoms with Crippen molar-refractivity contribution in [2.24, 2.45) is 0 Å². The van der Waals surface area contributed by atoms with Crippen molar-refractivity contribution < 1.29 is 27.8 Å². The van der Waals surface area contributed by atoms with Gasteiger partial charge in [0.05, 0.1) is 26.9 Å². The zero-order chi connectivity index (χ0) is 18.7. The first-order chi connectivity index (χ1) is 12.6. The van der Waals surface area contributed by atoms with Crippen LogP contribution in [-0.2, 0) is 0 Å². The SMILES string of the molecule is COc1cc(C(=O)c2coc(-c3ccccc3F)n2)cc(OC)c1OC. The van der Waals surface area contributed by atoms with Crippen molar-refractivity contribution in [3.8, 4) is 28.7 Å². The van der Waals surface area contributed by atoms with Crippen LogP contribution in [0.4, 0.5) is 4.39 Å². The number of benzene rings is 2. The monoisotopic (exact) mass is 357 g/mol. The van der Waals surface area contributed by atoms with Gasteiger partial charge in [-0.1, -0.05) is 12.1 Å². The van der Waals surface area contributed by atoms with E-state index in [2.05, 4.69) is 4.98 Å². The number of nitrogens with zero attached hydrogens (tertiary/aromatic N) is 1. The van der Waals surface area contributed by atoms with E-state index in [0.717, 1.165) is 0 Å². The second-order valence-electron chi connectivity index (χ2n) is 5.26. The molecule has 0 aliphatic rings. The molecule has 0 aliphatic carbocycles. The van der Waals surface area contributed by atoms with E-state index in [0.29, 0.717) is 17.2 Å². The molecule has 0 N–H and O–H groups in total. The maximum Gasteiger partial charge on any atom is 0.229 e. The van der Waals surface area contributed by atoms with Gasteiger partial charge in [0, 0.05) is 5.56 Å². The lowest BCUT2D eigenvalue weighted by molar-refractivity contribution is 0.103. The van der Waals surface area contributed by atoms with Gasteiger partial charge in [0.2, 0.25) is 17.4 Å². The molecule has 134 valence electrons. The van der Waals surface area contributed by atoms with Gasteiger partial charge < -0.3 is 18.6 Å². The molecule has 3 rings (SSSR count). The van der Waals surface area contributed by atoms with Gasteiger partial charge in [-0.15, -0.1) is 0 Å². The number of ether oxygens (including phenoxy) is 3. The Bertz CT molecular complexity index is 926. The molecule has 0 atom stereocenters. The highest BCUT2D eigenvalue weighted by atomic mass is 19.1. The van der Waals surface area contributed by atoms with Gasteiger partial charge in [0.1, 0.15) is 12.1 Å². The number of ketones is 1. The molecule has 0 spiro atoms. The fourth-order valence-electron chi connectivity index (χ4n) is 2.50. The molecule has 26 heavy (non-hydrogen) atoms. The van der Waals surface area contributed by atoms with Crippen LogP contribution in [0.5, 0.6) is 17.2 Å². The normalized spacial score (nSPS) is 10.5. The third-order valence-electron chi connectivity index (χ3n) is 3.77. The fraction of sp³-hybridized carbons (Fsp3) is 0.158. The van der Waals surface area contributed by atoms with Gasteiger partial charge in [0.15, 0.2) is 17.2 Å². The summed E-state index contributed by atoms with van der Waals surface area (Å²) in [6, 6.07) is 9.06. The van der Waals surface area contributed by atoms with Crippen molar-refractivity contribution in [2.75, 3.05) is 21.3 Å². The van der Waals surface area contributed by atoms with Crippen LogP contribution in [0.15, 0.2) is 47.1 Å². The number of rotatable bonds is 6. The van der Waals surface area contributed by atoms with Crippen molar-refractivity contribution in [1.82, 2.24) is 4.98 Å². The van der Waals surface area contributed by atoms with E-state index >= 15 is 0 Å². The van der Waals surface area contributed by atoms with Crippen LogP contribution in [0.25, 0.3) is 11.5 Å². The van der Waals surface area contributed by atoms with E-state index in [1.54, 1.807) is 12.1 Å². The highest BCUT2D eigenvalue weighted by Gasteiger charge is 2.21. The van der Waals surface area contributed by atoms with Gasteiger partial charge in [0.25, 0.3) is 0 Å². The quantitative estimate of drug-likeness (QED) is 0.626. The summed E-state index contributed by atoms with van der Waals surface area (Å²) < 4.78 is 34.9. The Morgan fingerprint density at radius 2 is 1.69 bits per heavy atom. The minimum atomic E-state index is -0.485. The summed E-state index contributed by atoms with van der Waals surface area (Å²) in [7, 11) is 4.38. The zero-order valence-corrected chi connectivity index (χ0v) is 14.4. The molecule has 0 amide bonds. The minimum Gasteiger partial charge on any atom is -0.493 e. The number of carbonyl (C=O) groups excluding carboxylic acids is 1. The molecular formula is C19H16FNO5. The zero-order valence-electron chi connectivity index (χ0n) is 14.4. The summed E-state index contributed by atoms with van der Waals surface area (Å²) in [5.41, 5.74) is 0.488. The van der Waals surface area contributed by atoms with Crippen LogP contribution >= 0.6 is 0 Å². The third-order valence-corrected chi connectivity index (χ3v) is 3.77. The number of carbonyl (C=O) groups is 1. The van der Waals surface area contributed by atoms with Gasteiger partial charge in [-0.2, -0.15) is 0 Å². The summed E-state index contributed by atoms with van der Waals surface area (Å²) in [5, 5.41) is 0. The van der Waals surface area contributed by atoms with E-state index in [9.17, 15) is 9.18 Å². The third kappa shape index (κ3) is 3.11. The maximum atomic E-state index is 13.9. The second kappa shape index (κ2) is 7.26. The largest absolute Gasteiger partial charge is 0.493 e. The van der Waals surface area contributed by atoms with Gasteiger partial charge in [-0.3, -0.25) is 4.79 Å². The van der Waals surface area contributed by atoms with Crippen LogP contribution in [0.2, 0.25) is 0 Å². The lowest BCUT2D eigenvalue weighted by atomic mass is 10.1. The summed E-state index contributed by atoms with van der Waals surface area (Å²) in [6.45, 7) is 0. The molecule has 6 nitrogen and oxygen atoms in total. The van der Waals surface area contributed by atoms with Crippen LogP contribution in [-0.4, -0.2) is 32.1 Å². The van der Waals surface area contributed by atoms with Gasteiger partial charge in [-0.25, -0.2) is 9.37 Å². The van der Waals surface area contributed by atoms with Gasteiger partial charge >= 0.3 is 0 Å². The van der Waals surface area contributed by atoms with E-state index in [4.69, 9.17) is 18.6 Å². The van der Waals surface area contributed by atoms with E-state index in [1.807, 2.05) is 0 Å². The smallest absolute Gasteiger partial charge is 0.229 e. The number of hydrogen-bond donors (Lipinski definition) is 0. The molecule has 0 bridgehead atoms. The number of oxazole rings is 1. The highest BCUT2D eigenvalue weighted by molar-refractivity contribution is 6.08. The molecule has 0 radical (unpaired) electrons. The molecule has 0 fully saturated rings. The molecule has 0 saturated heterocycles. The standard InChI is InChI=1S/C19H16FNO5/c1-23-15-8-11(9-16(24-2)18(15)25-3)17(22)14-10-26-19(21-14)12-6-4-5-7-13(12)20/h4-10H,1-3H3. The lowest BCUT2D eigenvalue weighted by Gasteiger charge is -2.13. The maximum absolute atomic E-state index is 13.9. The predicted octanol–water partition coefficient (Wildman–Crippen LogP) is 3.74. The Balaban J connectivity index is 1.99. The van der Waals surface area contributed by atoms with Crippen LogP contribution in [0.1, 0.15) is 16.1 Å². The van der Waals surface area contributed by atoms with E-state index in [-0.39, 0.29) is 22.7 Å². The Kier molecular flexibility index (Phi) is 4.88. The Labute approximate surface area is 149 Å². The summed E-state index contributed by atoms with van der Waals surface area (Å²) in [6.07, 6.45) is 1.19. The van der Waals surface area contributed by atoms with E-state index in [1.165, 1.54) is 51.9 Å². The summed E-state index contributed by atoms with van der Waals surface area (Å²) >= 11 is 0. The first-order valence-electron chi connectivity index (χ1n) is 7.64. The second-order valence-corrected chi connectivity index (χ2v) is 5.26. The molecule has 7 heteroatoms. The molecule has 0 aliphatic heterocycles. The summed E-state index contributed by atoms with van der Waals surface area (Å²) in [4.78, 5) is 16.8. The van der Waals surface area contributed by atoms with Crippen molar-refractivity contribution in [3.63, 3.8) is 0 Å². The Morgan fingerprint density at radius 3 is 2.27 bits per heavy atom. The number of hydrogen-bond acceptors (Lipinski definition) is 6. The number of methoxy groups -OCH3 is 3. The molecular weight excluding hydrogens is 341 g/mol. The minimum absolute atomic E-state index is 0.0268. The molecule has 0 saturated carbocycles. The average Bonchev–Trinajstić information content (AvgIpc) is 3.16. The van der Waals surface area contributed by atoms with Crippen LogP contribution in [0.3, 0.4) is 0 Å². The van der Waals surface area contributed by atoms with Gasteiger partial charge in [-0.05, 0) is 24.3 Å². The first-order valence-corrected chi connectivity index (χ1v) is 7.64. The van der Waals surface area contributed by atoms with Crippen molar-refractivity contribution in [1.29, 1.82) is 0 Å². The van der Waals surface area contributed by atoms with Crippen molar-refractivity contribution >= 4 is 5.78 Å². The lowest BCUT2D eigenvalue weighted by Crippen LogP contribution is -2.04. The van der Waals surface area contributed by atoms with Crippen LogP contribution in [0, 0.1) is 5.82 Å². The molecule has 0 unspecified atom stereocenters. The summed E-state index contributed by atoms with van der Waals surface area (Å²) in [5.74, 6) is 0.176. The fourth-order valence-corrected chi connectivity index (χ4v) is 2.50. The Morgan fingerprint density at radius 1 is 1.04 bits per heavy atom. The average molecular weight is 357 g/mol. The van der Waals surface area contributed by atoms with E-state index < -0.39 is 11.6 Å². The van der Waals surface area contributed by atoms with Crippen LogP contribution < -0.4 is 14.2 Å². The number of aromatic nitrogens is 1. The predicted molar refractivity (Wildman–Crippen MR) is 91.4 cm³/mol. The highest BCUT2D eigenvalue weighted by Crippen LogP contribution is 2.38. The van der Waals surface area contributed by atoms with Crippen molar-refractivity contribution in [2.45, 2.75) is 0 Å². The molecule has 1 heterocycles. The molecule has 2 aromatic carbocycles. The number of halogens is 1. The topological polar surface area (TPSA) is 70.8 Å². The van der Waals surface area contributed by atoms with Crippen molar-refractivity contribution in [3.05, 3.63) is 59.7 Å².